The van der Waals surface area contributed by atoms with Gasteiger partial charge >= 0.3 is 6.03 Å². The molecular formula is C18H26FN3O2S. The molecule has 1 heterocycles. The molecule has 1 aliphatic rings. The Hall–Kier alpha value is -1.76. The Kier molecular flexibility index (Phi) is 8.04. The van der Waals surface area contributed by atoms with E-state index in [2.05, 4.69) is 10.6 Å². The minimum atomic E-state index is -0.191. The number of urea groups is 1. The first-order valence-electron chi connectivity index (χ1n) is 8.73. The third-order valence-electron chi connectivity index (χ3n) is 4.17. The highest BCUT2D eigenvalue weighted by molar-refractivity contribution is 7.98. The van der Waals surface area contributed by atoms with Crippen molar-refractivity contribution in [1.82, 2.24) is 15.5 Å². The Morgan fingerprint density at radius 1 is 1.32 bits per heavy atom. The number of likely N-dealkylation sites (tertiary alicyclic amines) is 1. The SMILES string of the molecule is CCNC(=O)C1CCCN(C(=O)NCCSCc2ccccc2F)C1. The van der Waals surface area contributed by atoms with Gasteiger partial charge in [-0.05, 0) is 31.4 Å². The van der Waals surface area contributed by atoms with Crippen molar-refractivity contribution in [2.45, 2.75) is 25.5 Å². The van der Waals surface area contributed by atoms with Crippen LogP contribution in [0.2, 0.25) is 0 Å². The Morgan fingerprint density at radius 3 is 2.88 bits per heavy atom. The van der Waals surface area contributed by atoms with E-state index in [0.717, 1.165) is 12.8 Å². The van der Waals surface area contributed by atoms with Gasteiger partial charge in [-0.3, -0.25) is 4.79 Å². The lowest BCUT2D eigenvalue weighted by Gasteiger charge is -2.32. The van der Waals surface area contributed by atoms with Gasteiger partial charge in [0.25, 0.3) is 0 Å². The summed E-state index contributed by atoms with van der Waals surface area (Å²) in [6, 6.07) is 6.61. The third-order valence-corrected chi connectivity index (χ3v) is 5.18. The molecule has 0 aliphatic carbocycles. The Morgan fingerprint density at radius 2 is 2.12 bits per heavy atom. The van der Waals surface area contributed by atoms with Crippen molar-refractivity contribution < 1.29 is 14.0 Å². The van der Waals surface area contributed by atoms with E-state index in [1.54, 1.807) is 28.8 Å². The maximum absolute atomic E-state index is 13.5. The molecule has 138 valence electrons. The van der Waals surface area contributed by atoms with Gasteiger partial charge in [0.15, 0.2) is 0 Å². The van der Waals surface area contributed by atoms with Crippen LogP contribution in [0.4, 0.5) is 9.18 Å². The van der Waals surface area contributed by atoms with Crippen molar-refractivity contribution in [3.8, 4) is 0 Å². The fraction of sp³-hybridized carbons (Fsp3) is 0.556. The van der Waals surface area contributed by atoms with Gasteiger partial charge in [0, 0.05) is 37.7 Å². The summed E-state index contributed by atoms with van der Waals surface area (Å²) in [5.74, 6) is 1.03. The molecule has 25 heavy (non-hydrogen) atoms. The van der Waals surface area contributed by atoms with Crippen molar-refractivity contribution in [2.24, 2.45) is 5.92 Å². The standard InChI is InChI=1S/C18H26FN3O2S/c1-2-20-17(23)14-7-5-10-22(12-14)18(24)21-9-11-25-13-15-6-3-4-8-16(15)19/h3-4,6,8,14H,2,5,7,9-13H2,1H3,(H,20,23)(H,21,24). The first-order chi connectivity index (χ1) is 12.1. The molecule has 0 aromatic heterocycles. The molecule has 1 atom stereocenters. The molecule has 2 rings (SSSR count). The predicted molar refractivity (Wildman–Crippen MR) is 98.9 cm³/mol. The maximum Gasteiger partial charge on any atom is 0.317 e. The molecule has 2 N–H and O–H groups in total. The third kappa shape index (κ3) is 6.23. The molecule has 1 fully saturated rings. The minimum Gasteiger partial charge on any atom is -0.356 e. The quantitative estimate of drug-likeness (QED) is 0.729. The summed E-state index contributed by atoms with van der Waals surface area (Å²) in [6.07, 6.45) is 1.67. The van der Waals surface area contributed by atoms with Crippen molar-refractivity contribution >= 4 is 23.7 Å². The molecule has 1 aromatic rings. The highest BCUT2D eigenvalue weighted by Crippen LogP contribution is 2.17. The summed E-state index contributed by atoms with van der Waals surface area (Å²) in [7, 11) is 0. The van der Waals surface area contributed by atoms with Crippen LogP contribution in [0.5, 0.6) is 0 Å². The summed E-state index contributed by atoms with van der Waals surface area (Å²) in [6.45, 7) is 4.19. The average molecular weight is 367 g/mol. The van der Waals surface area contributed by atoms with E-state index < -0.39 is 0 Å². The Labute approximate surface area is 152 Å². The smallest absolute Gasteiger partial charge is 0.317 e. The second-order valence-electron chi connectivity index (χ2n) is 6.06. The maximum atomic E-state index is 13.5. The van der Waals surface area contributed by atoms with Gasteiger partial charge in [0.05, 0.1) is 5.92 Å². The van der Waals surface area contributed by atoms with E-state index in [-0.39, 0.29) is 23.7 Å². The number of rotatable bonds is 7. The van der Waals surface area contributed by atoms with Crippen LogP contribution < -0.4 is 10.6 Å². The predicted octanol–water partition coefficient (Wildman–Crippen LogP) is 2.62. The van der Waals surface area contributed by atoms with Gasteiger partial charge in [-0.15, -0.1) is 0 Å². The van der Waals surface area contributed by atoms with E-state index in [0.29, 0.717) is 43.2 Å². The van der Waals surface area contributed by atoms with Crippen LogP contribution in [0.3, 0.4) is 0 Å². The number of hydrogen-bond donors (Lipinski definition) is 2. The molecule has 0 radical (unpaired) electrons. The Balaban J connectivity index is 1.66. The number of nitrogens with zero attached hydrogens (tertiary/aromatic N) is 1. The van der Waals surface area contributed by atoms with Gasteiger partial charge < -0.3 is 15.5 Å². The van der Waals surface area contributed by atoms with E-state index in [9.17, 15) is 14.0 Å². The van der Waals surface area contributed by atoms with Gasteiger partial charge in [0.1, 0.15) is 5.82 Å². The molecule has 1 unspecified atom stereocenters. The summed E-state index contributed by atoms with van der Waals surface area (Å²) in [4.78, 5) is 25.9. The lowest BCUT2D eigenvalue weighted by atomic mass is 9.97. The molecular weight excluding hydrogens is 341 g/mol. The van der Waals surface area contributed by atoms with Gasteiger partial charge in [-0.2, -0.15) is 11.8 Å². The van der Waals surface area contributed by atoms with Crippen molar-refractivity contribution in [1.29, 1.82) is 0 Å². The lowest BCUT2D eigenvalue weighted by molar-refractivity contribution is -0.126. The van der Waals surface area contributed by atoms with E-state index in [4.69, 9.17) is 0 Å². The van der Waals surface area contributed by atoms with Gasteiger partial charge in [-0.1, -0.05) is 18.2 Å². The summed E-state index contributed by atoms with van der Waals surface area (Å²) >= 11 is 1.58. The molecule has 1 aromatic carbocycles. The summed E-state index contributed by atoms with van der Waals surface area (Å²) in [5.41, 5.74) is 0.680. The zero-order chi connectivity index (χ0) is 18.1. The molecule has 0 saturated carbocycles. The van der Waals surface area contributed by atoms with Crippen molar-refractivity contribution in [3.63, 3.8) is 0 Å². The van der Waals surface area contributed by atoms with Crippen LogP contribution in [0.1, 0.15) is 25.3 Å². The molecule has 3 amide bonds. The number of carbonyl (C=O) groups excluding carboxylic acids is 2. The van der Waals surface area contributed by atoms with Crippen LogP contribution in [0.25, 0.3) is 0 Å². The topological polar surface area (TPSA) is 61.4 Å². The first-order valence-corrected chi connectivity index (χ1v) is 9.89. The molecule has 0 bridgehead atoms. The van der Waals surface area contributed by atoms with Crippen molar-refractivity contribution in [3.05, 3.63) is 35.6 Å². The molecule has 1 aliphatic heterocycles. The number of carbonyl (C=O) groups is 2. The fourth-order valence-corrected chi connectivity index (χ4v) is 3.68. The first kappa shape index (κ1) is 19.6. The van der Waals surface area contributed by atoms with E-state index >= 15 is 0 Å². The van der Waals surface area contributed by atoms with Crippen LogP contribution >= 0.6 is 11.8 Å². The van der Waals surface area contributed by atoms with Crippen LogP contribution in [0, 0.1) is 11.7 Å². The average Bonchev–Trinajstić information content (AvgIpc) is 2.63. The molecule has 7 heteroatoms. The highest BCUT2D eigenvalue weighted by atomic mass is 32.2. The number of thioether (sulfide) groups is 1. The summed E-state index contributed by atoms with van der Waals surface area (Å²) < 4.78 is 13.5. The second-order valence-corrected chi connectivity index (χ2v) is 7.16. The van der Waals surface area contributed by atoms with Crippen LogP contribution in [0.15, 0.2) is 24.3 Å². The zero-order valence-electron chi connectivity index (χ0n) is 14.6. The van der Waals surface area contributed by atoms with Gasteiger partial charge in [0.2, 0.25) is 5.91 Å². The molecule has 5 nitrogen and oxygen atoms in total. The minimum absolute atomic E-state index is 0.0282. The van der Waals surface area contributed by atoms with Crippen molar-refractivity contribution in [2.75, 3.05) is 31.9 Å². The highest BCUT2D eigenvalue weighted by Gasteiger charge is 2.27. The zero-order valence-corrected chi connectivity index (χ0v) is 15.4. The van der Waals surface area contributed by atoms with Gasteiger partial charge in [-0.25, -0.2) is 9.18 Å². The fourth-order valence-electron chi connectivity index (χ4n) is 2.83. The number of amides is 3. The van der Waals surface area contributed by atoms with Crippen LogP contribution in [-0.4, -0.2) is 48.8 Å². The normalized spacial score (nSPS) is 17.2. The monoisotopic (exact) mass is 367 g/mol. The molecule has 1 saturated heterocycles. The number of hydrogen-bond acceptors (Lipinski definition) is 3. The summed E-state index contributed by atoms with van der Waals surface area (Å²) in [5, 5.41) is 5.71. The Bertz CT molecular complexity index is 585. The number of benzene rings is 1. The number of piperidine rings is 1. The number of nitrogens with one attached hydrogen (secondary N) is 2. The second kappa shape index (κ2) is 10.3. The lowest BCUT2D eigenvalue weighted by Crippen LogP contribution is -2.49. The van der Waals surface area contributed by atoms with Crippen LogP contribution in [-0.2, 0) is 10.5 Å². The molecule has 0 spiro atoms. The van der Waals surface area contributed by atoms with E-state index in [1.807, 2.05) is 13.0 Å². The largest absolute Gasteiger partial charge is 0.356 e. The number of halogens is 1. The van der Waals surface area contributed by atoms with E-state index in [1.165, 1.54) is 6.07 Å².